The van der Waals surface area contributed by atoms with Crippen LogP contribution in [0, 0.1) is 17.2 Å². The molecule has 1 atom stereocenters. The Kier molecular flexibility index (Phi) is 6.51. The lowest BCUT2D eigenvalue weighted by Gasteiger charge is -2.33. The molecule has 4 heterocycles. The molecule has 1 aromatic carbocycles. The van der Waals surface area contributed by atoms with Gasteiger partial charge in [-0.1, -0.05) is 25.1 Å². The van der Waals surface area contributed by atoms with Gasteiger partial charge in [0.15, 0.2) is 0 Å². The fraction of sp³-hybridized carbons (Fsp3) is 0.462. The van der Waals surface area contributed by atoms with Crippen LogP contribution in [0.1, 0.15) is 53.4 Å². The van der Waals surface area contributed by atoms with Crippen LogP contribution in [0.5, 0.6) is 0 Å². The van der Waals surface area contributed by atoms with Gasteiger partial charge in [-0.2, -0.15) is 5.26 Å². The number of aromatic nitrogens is 2. The molecule has 2 aromatic heterocycles. The average Bonchev–Trinajstić information content (AvgIpc) is 3.29. The van der Waals surface area contributed by atoms with Crippen LogP contribution in [-0.4, -0.2) is 52.5 Å². The van der Waals surface area contributed by atoms with E-state index in [4.69, 9.17) is 4.98 Å². The highest BCUT2D eigenvalue weighted by Crippen LogP contribution is 2.31. The number of anilines is 1. The summed E-state index contributed by atoms with van der Waals surface area (Å²) in [6.07, 6.45) is 2.08. The zero-order valence-electron chi connectivity index (χ0n) is 20.0. The Morgan fingerprint density at radius 3 is 2.83 bits per heavy atom. The van der Waals surface area contributed by atoms with E-state index in [2.05, 4.69) is 17.9 Å². The zero-order valence-corrected chi connectivity index (χ0v) is 20.9. The van der Waals surface area contributed by atoms with Gasteiger partial charge in [-0.3, -0.25) is 14.2 Å². The summed E-state index contributed by atoms with van der Waals surface area (Å²) in [7, 11) is 0. The van der Waals surface area contributed by atoms with Gasteiger partial charge in [-0.25, -0.2) is 13.8 Å². The van der Waals surface area contributed by atoms with E-state index in [-0.39, 0.29) is 36.4 Å². The summed E-state index contributed by atoms with van der Waals surface area (Å²) in [5.41, 5.74) is 1.29. The summed E-state index contributed by atoms with van der Waals surface area (Å²) in [4.78, 5) is 35.2. The molecule has 2 aliphatic heterocycles. The Morgan fingerprint density at radius 1 is 1.28 bits per heavy atom. The quantitative estimate of drug-likeness (QED) is 0.516. The van der Waals surface area contributed by atoms with E-state index in [1.165, 1.54) is 4.90 Å². The maximum Gasteiger partial charge on any atom is 0.273 e. The van der Waals surface area contributed by atoms with Crippen LogP contribution in [0.25, 0.3) is 10.2 Å². The molecule has 1 amide bonds. The van der Waals surface area contributed by atoms with Crippen molar-refractivity contribution in [3.05, 3.63) is 56.7 Å². The maximum absolute atomic E-state index is 13.9. The molecule has 0 bridgehead atoms. The first kappa shape index (κ1) is 24.4. The largest absolute Gasteiger partial charge is 0.342 e. The second kappa shape index (κ2) is 9.62. The van der Waals surface area contributed by atoms with E-state index in [9.17, 15) is 23.6 Å². The number of benzene rings is 1. The van der Waals surface area contributed by atoms with Gasteiger partial charge in [-0.05, 0) is 42.9 Å². The number of fused-ring (bicyclic) bond motifs is 1. The van der Waals surface area contributed by atoms with Crippen LogP contribution in [-0.2, 0) is 6.54 Å². The zero-order chi connectivity index (χ0) is 25.4. The summed E-state index contributed by atoms with van der Waals surface area (Å²) < 4.78 is 29.7. The smallest absolute Gasteiger partial charge is 0.273 e. The Hall–Kier alpha value is -3.32. The molecule has 3 aromatic rings. The molecule has 2 saturated heterocycles. The maximum atomic E-state index is 13.9. The number of thiophene rings is 1. The Balaban J connectivity index is 1.59. The highest BCUT2D eigenvalue weighted by molar-refractivity contribution is 7.20. The standard InChI is InChI=1S/C26H27F2N5O2S/c1-17-6-4-10-31(14-17)25-30-20-12-21(23(34)32-11-5-9-26(27,28)16-32)36-22(20)24(35)33(25)15-19-8-3-2-7-18(19)13-29/h2-3,7-8,12,17H,4-6,9-11,14-16H2,1H3. The highest BCUT2D eigenvalue weighted by atomic mass is 32.1. The third kappa shape index (κ3) is 4.72. The predicted octanol–water partition coefficient (Wildman–Crippen LogP) is 4.49. The van der Waals surface area contributed by atoms with Crippen LogP contribution >= 0.6 is 11.3 Å². The van der Waals surface area contributed by atoms with Gasteiger partial charge >= 0.3 is 0 Å². The van der Waals surface area contributed by atoms with Gasteiger partial charge in [0.05, 0.1) is 35.1 Å². The lowest BCUT2D eigenvalue weighted by Crippen LogP contribution is -2.45. The molecule has 0 aliphatic carbocycles. The molecular formula is C26H27F2N5O2S. The van der Waals surface area contributed by atoms with E-state index in [1.54, 1.807) is 22.8 Å². The van der Waals surface area contributed by atoms with Gasteiger partial charge in [0.2, 0.25) is 5.95 Å². The van der Waals surface area contributed by atoms with E-state index >= 15 is 0 Å². The summed E-state index contributed by atoms with van der Waals surface area (Å²) in [5, 5.41) is 9.56. The topological polar surface area (TPSA) is 82.2 Å². The van der Waals surface area contributed by atoms with Gasteiger partial charge < -0.3 is 9.80 Å². The summed E-state index contributed by atoms with van der Waals surface area (Å²) in [5.74, 6) is -2.45. The van der Waals surface area contributed by atoms with Crippen molar-refractivity contribution in [1.82, 2.24) is 14.5 Å². The number of piperidine rings is 2. The fourth-order valence-electron chi connectivity index (χ4n) is 5.09. The number of alkyl halides is 2. The molecule has 1 unspecified atom stereocenters. The Labute approximate surface area is 211 Å². The second-order valence-electron chi connectivity index (χ2n) is 9.78. The van der Waals surface area contributed by atoms with Crippen molar-refractivity contribution < 1.29 is 13.6 Å². The van der Waals surface area contributed by atoms with Crippen molar-refractivity contribution in [3.63, 3.8) is 0 Å². The molecule has 5 rings (SSSR count). The third-order valence-electron chi connectivity index (χ3n) is 6.91. The Morgan fingerprint density at radius 2 is 2.08 bits per heavy atom. The van der Waals surface area contributed by atoms with Gasteiger partial charge in [-0.15, -0.1) is 11.3 Å². The van der Waals surface area contributed by atoms with Crippen molar-refractivity contribution in [2.45, 2.75) is 45.1 Å². The number of carbonyl (C=O) groups is 1. The lowest BCUT2D eigenvalue weighted by molar-refractivity contribution is -0.0559. The number of halogens is 2. The molecule has 0 N–H and O–H groups in total. The van der Waals surface area contributed by atoms with Gasteiger partial charge in [0, 0.05) is 26.1 Å². The SMILES string of the molecule is CC1CCCN(c2nc3cc(C(=O)N4CCCC(F)(F)C4)sc3c(=O)n2Cc2ccccc2C#N)C1. The number of hydrogen-bond acceptors (Lipinski definition) is 6. The molecule has 10 heteroatoms. The second-order valence-corrected chi connectivity index (χ2v) is 10.8. The van der Waals surface area contributed by atoms with E-state index in [1.807, 2.05) is 12.1 Å². The van der Waals surface area contributed by atoms with E-state index in [0.717, 1.165) is 37.3 Å². The predicted molar refractivity (Wildman–Crippen MR) is 135 cm³/mol. The van der Waals surface area contributed by atoms with Crippen molar-refractivity contribution >= 4 is 33.4 Å². The van der Waals surface area contributed by atoms with Crippen LogP contribution in [0.3, 0.4) is 0 Å². The first-order chi connectivity index (χ1) is 17.3. The number of nitrogens with zero attached hydrogens (tertiary/aromatic N) is 5. The molecule has 7 nitrogen and oxygen atoms in total. The van der Waals surface area contributed by atoms with Crippen LogP contribution < -0.4 is 10.5 Å². The fourth-order valence-corrected chi connectivity index (χ4v) is 6.11. The molecule has 2 fully saturated rings. The lowest BCUT2D eigenvalue weighted by atomic mass is 10.0. The average molecular weight is 512 g/mol. The molecule has 188 valence electrons. The summed E-state index contributed by atoms with van der Waals surface area (Å²) in [6, 6.07) is 10.9. The van der Waals surface area contributed by atoms with Crippen LogP contribution in [0.2, 0.25) is 0 Å². The highest BCUT2D eigenvalue weighted by Gasteiger charge is 2.38. The van der Waals surface area contributed by atoms with Crippen molar-refractivity contribution in [2.24, 2.45) is 5.92 Å². The third-order valence-corrected chi connectivity index (χ3v) is 8.01. The van der Waals surface area contributed by atoms with Gasteiger partial charge in [0.1, 0.15) is 4.70 Å². The van der Waals surface area contributed by atoms with Crippen molar-refractivity contribution in [3.8, 4) is 6.07 Å². The van der Waals surface area contributed by atoms with Crippen molar-refractivity contribution in [1.29, 1.82) is 5.26 Å². The van der Waals surface area contributed by atoms with Crippen molar-refractivity contribution in [2.75, 3.05) is 31.1 Å². The Bertz CT molecular complexity index is 1410. The number of nitriles is 1. The summed E-state index contributed by atoms with van der Waals surface area (Å²) in [6.45, 7) is 3.48. The molecule has 0 radical (unpaired) electrons. The normalized spacial score (nSPS) is 19.9. The number of rotatable bonds is 4. The minimum atomic E-state index is -2.90. The number of carbonyl (C=O) groups excluding carboxylic acids is 1. The molecular weight excluding hydrogens is 484 g/mol. The molecule has 36 heavy (non-hydrogen) atoms. The summed E-state index contributed by atoms with van der Waals surface area (Å²) >= 11 is 1.00. The number of likely N-dealkylation sites (tertiary alicyclic amines) is 1. The monoisotopic (exact) mass is 511 g/mol. The van der Waals surface area contributed by atoms with Crippen LogP contribution in [0.4, 0.5) is 14.7 Å². The first-order valence-electron chi connectivity index (χ1n) is 12.2. The number of hydrogen-bond donors (Lipinski definition) is 0. The first-order valence-corrected chi connectivity index (χ1v) is 13.0. The molecule has 0 spiro atoms. The van der Waals surface area contributed by atoms with E-state index in [0.29, 0.717) is 33.2 Å². The number of amides is 1. The van der Waals surface area contributed by atoms with Crippen LogP contribution in [0.15, 0.2) is 35.1 Å². The molecule has 0 saturated carbocycles. The van der Waals surface area contributed by atoms with E-state index < -0.39 is 18.4 Å². The van der Waals surface area contributed by atoms with Gasteiger partial charge in [0.25, 0.3) is 17.4 Å². The minimum absolute atomic E-state index is 0.172. The minimum Gasteiger partial charge on any atom is -0.342 e. The molecule has 2 aliphatic rings.